The smallest absolute Gasteiger partial charge is 0.462 e. The van der Waals surface area contributed by atoms with Gasteiger partial charge in [-0.3, -0.25) is 23.2 Å². The Hall–Kier alpha value is -2.08. The monoisotopic (exact) mass is 952 g/mol. The van der Waals surface area contributed by atoms with Gasteiger partial charge in [0.25, 0.3) is 0 Å². The van der Waals surface area contributed by atoms with Crippen molar-refractivity contribution in [2.24, 2.45) is 0 Å². The topological polar surface area (TPSA) is 269 Å². The minimum Gasteiger partial charge on any atom is -0.462 e. The third-order valence-corrected chi connectivity index (χ3v) is 12.3. The highest BCUT2D eigenvalue weighted by molar-refractivity contribution is 7.47. The van der Waals surface area contributed by atoms with Crippen molar-refractivity contribution in [3.63, 3.8) is 0 Å². The van der Waals surface area contributed by atoms with E-state index in [0.29, 0.717) is 31.5 Å². The second kappa shape index (κ2) is 33.4. The lowest BCUT2D eigenvalue weighted by molar-refractivity contribution is -0.216. The summed E-state index contributed by atoms with van der Waals surface area (Å²) in [6, 6.07) is 0. The molecule has 0 aromatic rings. The van der Waals surface area contributed by atoms with Gasteiger partial charge in [-0.05, 0) is 70.6 Å². The van der Waals surface area contributed by atoms with Crippen LogP contribution in [0.5, 0.6) is 0 Å². The number of ether oxygens (including phenoxy) is 3. The average Bonchev–Trinajstić information content (AvgIpc) is 4.00. The van der Waals surface area contributed by atoms with Crippen LogP contribution in [0.15, 0.2) is 48.6 Å². The number of phosphoric ester groups is 2. The van der Waals surface area contributed by atoms with E-state index >= 15 is 0 Å². The van der Waals surface area contributed by atoms with Gasteiger partial charge in [0, 0.05) is 12.8 Å². The molecule has 17 nitrogen and oxygen atoms in total. The lowest BCUT2D eigenvalue weighted by Crippen LogP contribution is -2.64. The molecule has 370 valence electrons. The van der Waals surface area contributed by atoms with Crippen LogP contribution in [-0.4, -0.2) is 115 Å². The summed E-state index contributed by atoms with van der Waals surface area (Å²) in [6.07, 6.45) is 22.6. The molecule has 0 spiro atoms. The highest BCUT2D eigenvalue weighted by atomic mass is 31.2. The molecule has 0 aromatic heterocycles. The van der Waals surface area contributed by atoms with Crippen LogP contribution >= 0.6 is 15.6 Å². The van der Waals surface area contributed by atoms with E-state index in [9.17, 15) is 44.0 Å². The van der Waals surface area contributed by atoms with Crippen LogP contribution < -0.4 is 0 Å². The molecule has 1 aliphatic carbocycles. The van der Waals surface area contributed by atoms with Crippen molar-refractivity contribution in [1.82, 2.24) is 0 Å². The quantitative estimate of drug-likeness (QED) is 0.0104. The van der Waals surface area contributed by atoms with E-state index in [-0.39, 0.29) is 12.8 Å². The van der Waals surface area contributed by atoms with E-state index < -0.39 is 83.5 Å². The molecule has 0 amide bonds. The third kappa shape index (κ3) is 26.9. The van der Waals surface area contributed by atoms with Gasteiger partial charge < -0.3 is 49.3 Å². The fourth-order valence-electron chi connectivity index (χ4n) is 7.05. The SMILES string of the molecule is CCCCCC/C=C\CCCCCCCC(=O)OC[C@H](COP(=O)(O)O[C@H]1C(O)C(O)C(O)[C@@H](OP(=O)(O)O)C1O)OC(=O)CCC/C=C\C/C=C\C/C=C\CC1OC1CCCCC. The number of phosphoric acid groups is 2. The molecule has 7 N–H and O–H groups in total. The van der Waals surface area contributed by atoms with Crippen molar-refractivity contribution < 1.29 is 81.6 Å². The number of epoxide rings is 1. The normalized spacial score (nSPS) is 25.4. The van der Waals surface area contributed by atoms with Crippen molar-refractivity contribution in [3.8, 4) is 0 Å². The molecule has 64 heavy (non-hydrogen) atoms. The van der Waals surface area contributed by atoms with Gasteiger partial charge >= 0.3 is 27.6 Å². The van der Waals surface area contributed by atoms with Crippen LogP contribution in [0.25, 0.3) is 0 Å². The Labute approximate surface area is 380 Å². The van der Waals surface area contributed by atoms with Crippen molar-refractivity contribution in [2.45, 2.75) is 210 Å². The largest absolute Gasteiger partial charge is 0.472 e. The maximum absolute atomic E-state index is 13.0. The molecule has 2 fully saturated rings. The van der Waals surface area contributed by atoms with Crippen LogP contribution in [0.2, 0.25) is 0 Å². The number of unbranched alkanes of at least 4 members (excludes halogenated alkanes) is 12. The summed E-state index contributed by atoms with van der Waals surface area (Å²) in [6.45, 7) is 2.99. The predicted molar refractivity (Wildman–Crippen MR) is 241 cm³/mol. The second-order valence-corrected chi connectivity index (χ2v) is 19.1. The molecule has 2 rings (SSSR count). The molecule has 1 saturated heterocycles. The zero-order valence-corrected chi connectivity index (χ0v) is 39.7. The van der Waals surface area contributed by atoms with Crippen LogP contribution in [0, 0.1) is 0 Å². The Balaban J connectivity index is 1.83. The first-order chi connectivity index (χ1) is 30.6. The average molecular weight is 953 g/mol. The summed E-state index contributed by atoms with van der Waals surface area (Å²) in [4.78, 5) is 54.2. The first-order valence-electron chi connectivity index (χ1n) is 23.3. The Morgan fingerprint density at radius 3 is 1.77 bits per heavy atom. The number of rotatable bonds is 37. The van der Waals surface area contributed by atoms with E-state index in [2.05, 4.69) is 54.8 Å². The molecule has 1 saturated carbocycles. The first-order valence-corrected chi connectivity index (χ1v) is 26.3. The Morgan fingerprint density at radius 1 is 0.578 bits per heavy atom. The van der Waals surface area contributed by atoms with Crippen molar-refractivity contribution in [1.29, 1.82) is 0 Å². The van der Waals surface area contributed by atoms with Crippen LogP contribution in [-0.2, 0) is 46.5 Å². The number of hydrogen-bond acceptors (Lipinski definition) is 14. The molecule has 1 aliphatic heterocycles. The van der Waals surface area contributed by atoms with Crippen molar-refractivity contribution in [2.75, 3.05) is 13.2 Å². The van der Waals surface area contributed by atoms with E-state index in [1.54, 1.807) is 0 Å². The Morgan fingerprint density at radius 2 is 1.11 bits per heavy atom. The van der Waals surface area contributed by atoms with E-state index in [1.165, 1.54) is 44.9 Å². The molecule has 2 aliphatic rings. The van der Waals surface area contributed by atoms with Gasteiger partial charge in [-0.15, -0.1) is 0 Å². The maximum Gasteiger partial charge on any atom is 0.472 e. The van der Waals surface area contributed by atoms with Gasteiger partial charge in [-0.2, -0.15) is 0 Å². The van der Waals surface area contributed by atoms with Crippen LogP contribution in [0.1, 0.15) is 155 Å². The molecule has 1 heterocycles. The van der Waals surface area contributed by atoms with Gasteiger partial charge in [0.05, 0.1) is 18.8 Å². The lowest BCUT2D eigenvalue weighted by atomic mass is 9.85. The summed E-state index contributed by atoms with van der Waals surface area (Å²) in [5.41, 5.74) is 0. The van der Waals surface area contributed by atoms with E-state index in [1.807, 2.05) is 12.2 Å². The highest BCUT2D eigenvalue weighted by Crippen LogP contribution is 2.49. The summed E-state index contributed by atoms with van der Waals surface area (Å²) in [5, 5.41) is 41.2. The predicted octanol–water partition coefficient (Wildman–Crippen LogP) is 7.49. The van der Waals surface area contributed by atoms with Gasteiger partial charge in [-0.25, -0.2) is 9.13 Å². The minimum absolute atomic E-state index is 0.0384. The molecule has 7 unspecified atom stereocenters. The van der Waals surface area contributed by atoms with Crippen LogP contribution in [0.4, 0.5) is 0 Å². The first kappa shape index (κ1) is 58.0. The molecule has 10 atom stereocenters. The number of esters is 2. The molecular formula is C45H78O17P2. The number of carbonyl (C=O) groups is 2. The number of hydrogen-bond donors (Lipinski definition) is 7. The minimum atomic E-state index is -5.37. The zero-order chi connectivity index (χ0) is 47.2. The fraction of sp³-hybridized carbons (Fsp3) is 0.778. The summed E-state index contributed by atoms with van der Waals surface area (Å²) in [7, 11) is -10.7. The van der Waals surface area contributed by atoms with Gasteiger partial charge in [0.15, 0.2) is 6.10 Å². The molecule has 0 bridgehead atoms. The summed E-state index contributed by atoms with van der Waals surface area (Å²) >= 11 is 0. The van der Waals surface area contributed by atoms with Crippen molar-refractivity contribution >= 4 is 27.6 Å². The van der Waals surface area contributed by atoms with Gasteiger partial charge in [0.2, 0.25) is 0 Å². The number of aliphatic hydroxyl groups is 4. The molecule has 19 heteroatoms. The maximum atomic E-state index is 13.0. The Kier molecular flexibility index (Phi) is 30.3. The van der Waals surface area contributed by atoms with E-state index in [4.69, 9.17) is 33.0 Å². The number of carbonyl (C=O) groups excluding carboxylic acids is 2. The summed E-state index contributed by atoms with van der Waals surface area (Å²) < 4.78 is 55.0. The number of aliphatic hydroxyl groups excluding tert-OH is 4. The zero-order valence-electron chi connectivity index (χ0n) is 37.9. The van der Waals surface area contributed by atoms with Crippen molar-refractivity contribution in [3.05, 3.63) is 48.6 Å². The Bertz CT molecular complexity index is 1500. The van der Waals surface area contributed by atoms with Gasteiger partial charge in [0.1, 0.15) is 43.2 Å². The number of allylic oxidation sites excluding steroid dienone is 7. The van der Waals surface area contributed by atoms with Gasteiger partial charge in [-0.1, -0.05) is 120 Å². The molecular weight excluding hydrogens is 874 g/mol. The lowest BCUT2D eigenvalue weighted by Gasteiger charge is -2.43. The van der Waals surface area contributed by atoms with E-state index in [0.717, 1.165) is 64.2 Å². The van der Waals surface area contributed by atoms with Crippen LogP contribution in [0.3, 0.4) is 0 Å². The fourth-order valence-corrected chi connectivity index (χ4v) is 8.59. The summed E-state index contributed by atoms with van der Waals surface area (Å²) in [5.74, 6) is -1.29. The highest BCUT2D eigenvalue weighted by Gasteiger charge is 2.54. The standard InChI is InChI=1S/C45H78O17P2/c1-3-5-7-8-9-10-11-12-13-17-20-23-27-31-38(46)57-33-35(34-58-64(55,56)62-45-42(50)40(48)41(49)44(43(45)51)61-63(52,53)54)59-39(47)32-28-24-21-18-15-14-16-19-22-26-30-37-36(60-37)29-25-6-4-2/h10-11,14,16,18,21-22,26,35-37,40-45,48-51H,3-9,12-13,15,17,19-20,23-25,27-34H2,1-2H3,(H,55,56)(H2,52,53,54)/b11-10-,16-14-,21-18-,26-22-/t35-,36?,37?,40?,41?,42?,43?,44-,45+/m1/s1. The second-order valence-electron chi connectivity index (χ2n) is 16.5. The molecule has 0 aromatic carbocycles. The molecule has 0 radical (unpaired) electrons. The third-order valence-electron chi connectivity index (χ3n) is 10.8.